The van der Waals surface area contributed by atoms with Gasteiger partial charge in [0, 0.05) is 38.2 Å². The van der Waals surface area contributed by atoms with Crippen molar-refractivity contribution in [2.75, 3.05) is 0 Å². The lowest BCUT2D eigenvalue weighted by Gasteiger charge is -2.34. The first-order chi connectivity index (χ1) is 34.2. The summed E-state index contributed by atoms with van der Waals surface area (Å²) in [5.41, 5.74) is 19.2. The first kappa shape index (κ1) is 39.1. The Balaban J connectivity index is 1.03. The Labute approximate surface area is 398 Å². The van der Waals surface area contributed by atoms with Crippen molar-refractivity contribution in [3.05, 3.63) is 265 Å². The summed E-state index contributed by atoms with van der Waals surface area (Å²) in [6, 6.07) is 86.5. The van der Waals surface area contributed by atoms with Crippen molar-refractivity contribution in [1.82, 2.24) is 9.97 Å². The van der Waals surface area contributed by atoms with Crippen LogP contribution in [0.1, 0.15) is 22.3 Å². The van der Waals surface area contributed by atoms with Gasteiger partial charge in [0.05, 0.1) is 16.8 Å². The third-order valence-corrected chi connectivity index (χ3v) is 14.2. The monoisotopic (exact) mass is 880 g/mol. The van der Waals surface area contributed by atoms with Gasteiger partial charge in [-0.15, -0.1) is 0 Å². The molecule has 3 aromatic heterocycles. The third-order valence-electron chi connectivity index (χ3n) is 14.2. The van der Waals surface area contributed by atoms with Crippen LogP contribution in [0.4, 0.5) is 0 Å². The van der Waals surface area contributed by atoms with E-state index >= 15 is 0 Å². The number of hydrogen-bond donors (Lipinski definition) is 0. The van der Waals surface area contributed by atoms with E-state index in [9.17, 15) is 0 Å². The van der Waals surface area contributed by atoms with E-state index in [1.54, 1.807) is 0 Å². The van der Waals surface area contributed by atoms with Gasteiger partial charge in [0.25, 0.3) is 0 Å². The summed E-state index contributed by atoms with van der Waals surface area (Å²) in [5, 5.41) is 4.31. The molecule has 0 amide bonds. The Morgan fingerprint density at radius 1 is 0.290 bits per heavy atom. The first-order valence-electron chi connectivity index (χ1n) is 23.5. The lowest BCUT2D eigenvalue weighted by molar-refractivity contribution is 0.668. The molecule has 1 aliphatic carbocycles. The van der Waals surface area contributed by atoms with Crippen LogP contribution in [0.3, 0.4) is 0 Å². The van der Waals surface area contributed by atoms with Gasteiger partial charge in [-0.05, 0) is 104 Å². The highest BCUT2D eigenvalue weighted by molar-refractivity contribution is 6.09. The summed E-state index contributed by atoms with van der Waals surface area (Å²) in [6.07, 6.45) is 0. The maximum Gasteiger partial charge on any atom is 0.160 e. The predicted octanol–water partition coefficient (Wildman–Crippen LogP) is 17.0. The largest absolute Gasteiger partial charge is 0.456 e. The van der Waals surface area contributed by atoms with Gasteiger partial charge in [-0.2, -0.15) is 0 Å². The summed E-state index contributed by atoms with van der Waals surface area (Å²) in [5.74, 6) is 0.656. The molecule has 0 unspecified atom stereocenters. The molecule has 10 aromatic carbocycles. The van der Waals surface area contributed by atoms with Gasteiger partial charge in [-0.3, -0.25) is 0 Å². The maximum absolute atomic E-state index is 6.37. The first-order valence-corrected chi connectivity index (χ1v) is 23.5. The Morgan fingerprint density at radius 2 is 0.797 bits per heavy atom. The molecule has 0 radical (unpaired) electrons. The highest BCUT2D eigenvalue weighted by atomic mass is 16.3. The van der Waals surface area contributed by atoms with E-state index in [4.69, 9.17) is 18.8 Å². The molecular formula is C65H40N2O2. The molecule has 0 aliphatic heterocycles. The number of benzene rings is 10. The molecule has 0 saturated carbocycles. The second-order valence-corrected chi connectivity index (χ2v) is 18.0. The van der Waals surface area contributed by atoms with Crippen LogP contribution in [0.15, 0.2) is 251 Å². The van der Waals surface area contributed by atoms with Gasteiger partial charge in [0.15, 0.2) is 5.82 Å². The van der Waals surface area contributed by atoms with Crippen LogP contribution in [0.25, 0.3) is 111 Å². The second kappa shape index (κ2) is 15.5. The minimum absolute atomic E-state index is 0.554. The standard InChI is InChI=1S/C65H40N2O2/c1-4-17-41(18-5-1)64-66-57(43-31-34-49-48-23-10-13-28-55(48)65(56(49)39-43,45-19-6-2-7-20-45)46-21-8-3-9-22-46)40-58(67-64)52-27-16-26-47(42-32-35-61-53(37-42)50-24-11-14-29-59(50)68-61)63(52)44-33-36-62-54(38-44)51-25-12-15-30-60(51)69-62/h1-40H. The Morgan fingerprint density at radius 3 is 1.49 bits per heavy atom. The fourth-order valence-electron chi connectivity index (χ4n) is 11.1. The summed E-state index contributed by atoms with van der Waals surface area (Å²) in [6.45, 7) is 0. The van der Waals surface area contributed by atoms with Gasteiger partial charge in [0.1, 0.15) is 22.3 Å². The summed E-state index contributed by atoms with van der Waals surface area (Å²) in [7, 11) is 0. The molecule has 4 heteroatoms. The zero-order chi connectivity index (χ0) is 45.5. The Kier molecular flexibility index (Phi) is 8.77. The smallest absolute Gasteiger partial charge is 0.160 e. The van der Waals surface area contributed by atoms with Gasteiger partial charge in [-0.1, -0.05) is 194 Å². The van der Waals surface area contributed by atoms with E-state index in [2.05, 4.69) is 212 Å². The van der Waals surface area contributed by atoms with Crippen molar-refractivity contribution in [3.8, 4) is 67.3 Å². The SMILES string of the molecule is c1ccc(-c2nc(-c3ccc4c(c3)C(c3ccccc3)(c3ccccc3)c3ccccc3-4)cc(-c3cccc(-c4ccc5oc6ccccc6c5c4)c3-c3ccc4oc5ccccc5c4c3)n2)cc1. The third kappa shape index (κ3) is 6.09. The number of fused-ring (bicyclic) bond motifs is 9. The number of nitrogens with zero attached hydrogens (tertiary/aromatic N) is 2. The normalized spacial score (nSPS) is 12.8. The van der Waals surface area contributed by atoms with Crippen LogP contribution in [-0.2, 0) is 5.41 Å². The molecule has 1 aliphatic rings. The number of aromatic nitrogens is 2. The molecule has 4 nitrogen and oxygen atoms in total. The molecule has 14 rings (SSSR count). The average Bonchev–Trinajstić information content (AvgIpc) is 4.09. The Hall–Kier alpha value is -9.12. The molecule has 0 N–H and O–H groups in total. The minimum Gasteiger partial charge on any atom is -0.456 e. The maximum atomic E-state index is 6.37. The summed E-state index contributed by atoms with van der Waals surface area (Å²) in [4.78, 5) is 10.9. The van der Waals surface area contributed by atoms with Gasteiger partial charge in [0.2, 0.25) is 0 Å². The zero-order valence-corrected chi connectivity index (χ0v) is 37.3. The molecule has 0 fully saturated rings. The molecule has 3 heterocycles. The number of hydrogen-bond acceptors (Lipinski definition) is 4. The summed E-state index contributed by atoms with van der Waals surface area (Å²) < 4.78 is 12.7. The van der Waals surface area contributed by atoms with Crippen LogP contribution >= 0.6 is 0 Å². The van der Waals surface area contributed by atoms with Crippen LogP contribution in [0.2, 0.25) is 0 Å². The van der Waals surface area contributed by atoms with Crippen LogP contribution in [0.5, 0.6) is 0 Å². The fourth-order valence-corrected chi connectivity index (χ4v) is 11.1. The minimum atomic E-state index is -0.554. The van der Waals surface area contributed by atoms with Crippen molar-refractivity contribution >= 4 is 43.9 Å². The van der Waals surface area contributed by atoms with E-state index < -0.39 is 5.41 Å². The predicted molar refractivity (Wildman–Crippen MR) is 281 cm³/mol. The molecular weight excluding hydrogens is 841 g/mol. The van der Waals surface area contributed by atoms with Crippen molar-refractivity contribution in [2.45, 2.75) is 5.41 Å². The topological polar surface area (TPSA) is 52.1 Å². The van der Waals surface area contributed by atoms with Crippen LogP contribution < -0.4 is 0 Å². The van der Waals surface area contributed by atoms with Crippen molar-refractivity contribution < 1.29 is 8.83 Å². The van der Waals surface area contributed by atoms with E-state index in [0.29, 0.717) is 5.82 Å². The quantitative estimate of drug-likeness (QED) is 0.160. The highest BCUT2D eigenvalue weighted by Gasteiger charge is 2.46. The van der Waals surface area contributed by atoms with E-state index in [1.807, 2.05) is 30.3 Å². The molecule has 0 spiro atoms. The molecule has 322 valence electrons. The highest BCUT2D eigenvalue weighted by Crippen LogP contribution is 2.57. The number of furan rings is 2. The van der Waals surface area contributed by atoms with Gasteiger partial charge in [-0.25, -0.2) is 9.97 Å². The number of rotatable bonds is 7. The van der Waals surface area contributed by atoms with Crippen molar-refractivity contribution in [2.24, 2.45) is 0 Å². The molecule has 69 heavy (non-hydrogen) atoms. The average molecular weight is 881 g/mol. The second-order valence-electron chi connectivity index (χ2n) is 18.0. The van der Waals surface area contributed by atoms with Crippen LogP contribution in [-0.4, -0.2) is 9.97 Å². The lowest BCUT2D eigenvalue weighted by atomic mass is 9.67. The Bertz CT molecular complexity index is 4090. The van der Waals surface area contributed by atoms with Crippen molar-refractivity contribution in [3.63, 3.8) is 0 Å². The molecule has 0 saturated heterocycles. The van der Waals surface area contributed by atoms with E-state index in [1.165, 1.54) is 33.4 Å². The molecule has 0 bridgehead atoms. The molecule has 13 aromatic rings. The van der Waals surface area contributed by atoms with Crippen molar-refractivity contribution in [1.29, 1.82) is 0 Å². The van der Waals surface area contributed by atoms with E-state index in [0.717, 1.165) is 94.2 Å². The zero-order valence-electron chi connectivity index (χ0n) is 37.3. The fraction of sp³-hybridized carbons (Fsp3) is 0.0154. The molecule has 0 atom stereocenters. The number of para-hydroxylation sites is 2. The summed E-state index contributed by atoms with van der Waals surface area (Å²) >= 11 is 0. The van der Waals surface area contributed by atoms with Crippen LogP contribution in [0, 0.1) is 0 Å². The van der Waals surface area contributed by atoms with E-state index in [-0.39, 0.29) is 0 Å². The lowest BCUT2D eigenvalue weighted by Crippen LogP contribution is -2.28. The van der Waals surface area contributed by atoms with Gasteiger partial charge < -0.3 is 8.83 Å². The van der Waals surface area contributed by atoms with Gasteiger partial charge >= 0.3 is 0 Å².